The van der Waals surface area contributed by atoms with Crippen molar-refractivity contribution in [3.63, 3.8) is 0 Å². The number of hydrogen-bond acceptors (Lipinski definition) is 3. The zero-order valence-corrected chi connectivity index (χ0v) is 15.7. The van der Waals surface area contributed by atoms with Crippen molar-refractivity contribution >= 4 is 5.91 Å². The summed E-state index contributed by atoms with van der Waals surface area (Å²) in [5.41, 5.74) is 1.11. The molecule has 1 fully saturated rings. The lowest BCUT2D eigenvalue weighted by atomic mass is 10.0. The minimum Gasteiger partial charge on any atom is -0.381 e. The summed E-state index contributed by atoms with van der Waals surface area (Å²) in [5, 5.41) is 0. The highest BCUT2D eigenvalue weighted by molar-refractivity contribution is 5.76. The van der Waals surface area contributed by atoms with Crippen LogP contribution in [0.15, 0.2) is 24.3 Å². The van der Waals surface area contributed by atoms with E-state index in [0.29, 0.717) is 31.6 Å². The monoisotopic (exact) mass is 350 g/mol. The first kappa shape index (κ1) is 19.9. The van der Waals surface area contributed by atoms with Gasteiger partial charge in [-0.1, -0.05) is 26.0 Å². The van der Waals surface area contributed by atoms with Crippen molar-refractivity contribution in [1.82, 2.24) is 9.80 Å². The average molecular weight is 350 g/mol. The SMILES string of the molecule is CCOCCC(=O)N1CCCN(Cc2ccc(F)cc2)[C@@H](C(C)C)C1. The number of amides is 1. The molecular weight excluding hydrogens is 319 g/mol. The van der Waals surface area contributed by atoms with E-state index in [2.05, 4.69) is 18.7 Å². The van der Waals surface area contributed by atoms with Gasteiger partial charge in [-0.3, -0.25) is 9.69 Å². The second-order valence-corrected chi connectivity index (χ2v) is 7.05. The van der Waals surface area contributed by atoms with Crippen LogP contribution in [-0.2, 0) is 16.1 Å². The maximum Gasteiger partial charge on any atom is 0.224 e. The van der Waals surface area contributed by atoms with Gasteiger partial charge >= 0.3 is 0 Å². The van der Waals surface area contributed by atoms with Gasteiger partial charge in [-0.05, 0) is 37.0 Å². The summed E-state index contributed by atoms with van der Waals surface area (Å²) in [4.78, 5) is 16.9. The number of benzene rings is 1. The molecule has 2 rings (SSSR count). The Morgan fingerprint density at radius 1 is 1.28 bits per heavy atom. The zero-order chi connectivity index (χ0) is 18.2. The molecule has 1 aromatic carbocycles. The van der Waals surface area contributed by atoms with Crippen molar-refractivity contribution in [3.8, 4) is 0 Å². The van der Waals surface area contributed by atoms with E-state index in [1.165, 1.54) is 12.1 Å². The molecule has 1 heterocycles. The van der Waals surface area contributed by atoms with Crippen LogP contribution in [0.3, 0.4) is 0 Å². The lowest BCUT2D eigenvalue weighted by molar-refractivity contribution is -0.132. The number of halogens is 1. The number of carbonyl (C=O) groups is 1. The van der Waals surface area contributed by atoms with Crippen molar-refractivity contribution in [2.24, 2.45) is 5.92 Å². The number of hydrogen-bond donors (Lipinski definition) is 0. The van der Waals surface area contributed by atoms with E-state index in [0.717, 1.165) is 38.2 Å². The normalized spacial score (nSPS) is 19.2. The fourth-order valence-electron chi connectivity index (χ4n) is 3.40. The predicted octanol–water partition coefficient (Wildman–Crippen LogP) is 3.31. The summed E-state index contributed by atoms with van der Waals surface area (Å²) in [6.07, 6.45) is 1.42. The van der Waals surface area contributed by atoms with E-state index in [9.17, 15) is 9.18 Å². The van der Waals surface area contributed by atoms with Crippen LogP contribution in [0.4, 0.5) is 4.39 Å². The molecule has 1 aromatic rings. The molecule has 0 radical (unpaired) electrons. The molecule has 0 unspecified atom stereocenters. The smallest absolute Gasteiger partial charge is 0.224 e. The molecule has 0 bridgehead atoms. The number of nitrogens with zero attached hydrogens (tertiary/aromatic N) is 2. The molecule has 25 heavy (non-hydrogen) atoms. The first-order valence-electron chi connectivity index (χ1n) is 9.35. The Morgan fingerprint density at radius 2 is 2.00 bits per heavy atom. The van der Waals surface area contributed by atoms with Gasteiger partial charge in [-0.25, -0.2) is 4.39 Å². The van der Waals surface area contributed by atoms with E-state index >= 15 is 0 Å². The van der Waals surface area contributed by atoms with Gasteiger partial charge in [-0.2, -0.15) is 0 Å². The van der Waals surface area contributed by atoms with Crippen molar-refractivity contribution in [3.05, 3.63) is 35.6 Å². The largest absolute Gasteiger partial charge is 0.381 e. The van der Waals surface area contributed by atoms with E-state index in [1.54, 1.807) is 0 Å². The van der Waals surface area contributed by atoms with Crippen LogP contribution in [-0.4, -0.2) is 54.6 Å². The van der Waals surface area contributed by atoms with Gasteiger partial charge in [0.05, 0.1) is 13.0 Å². The standard InChI is InChI=1S/C20H31FN2O2/c1-4-25-13-10-20(24)23-12-5-11-22(19(15-23)16(2)3)14-17-6-8-18(21)9-7-17/h6-9,16,19H,4-5,10-15H2,1-3H3/t19-/m1/s1. The molecule has 140 valence electrons. The fourth-order valence-corrected chi connectivity index (χ4v) is 3.40. The molecule has 0 aromatic heterocycles. The van der Waals surface area contributed by atoms with E-state index in [-0.39, 0.29) is 11.7 Å². The lowest BCUT2D eigenvalue weighted by Gasteiger charge is -2.34. The topological polar surface area (TPSA) is 32.8 Å². The van der Waals surface area contributed by atoms with E-state index < -0.39 is 0 Å². The maximum atomic E-state index is 13.1. The predicted molar refractivity (Wildman–Crippen MR) is 97.7 cm³/mol. The Kier molecular flexibility index (Phi) is 7.85. The highest BCUT2D eigenvalue weighted by atomic mass is 19.1. The Hall–Kier alpha value is -1.46. The van der Waals surface area contributed by atoms with Crippen LogP contribution < -0.4 is 0 Å². The summed E-state index contributed by atoms with van der Waals surface area (Å²) >= 11 is 0. The Labute approximate surface area is 150 Å². The molecule has 0 N–H and O–H groups in total. The van der Waals surface area contributed by atoms with Crippen molar-refractivity contribution in [2.45, 2.75) is 46.2 Å². The van der Waals surface area contributed by atoms with Crippen LogP contribution >= 0.6 is 0 Å². The molecule has 1 saturated heterocycles. The lowest BCUT2D eigenvalue weighted by Crippen LogP contribution is -2.45. The number of ether oxygens (including phenoxy) is 1. The van der Waals surface area contributed by atoms with E-state index in [1.807, 2.05) is 24.0 Å². The molecule has 0 aliphatic carbocycles. The molecule has 1 aliphatic rings. The Balaban J connectivity index is 2.01. The van der Waals surface area contributed by atoms with Crippen molar-refractivity contribution < 1.29 is 13.9 Å². The molecule has 4 nitrogen and oxygen atoms in total. The van der Waals surface area contributed by atoms with Crippen LogP contribution in [0.25, 0.3) is 0 Å². The van der Waals surface area contributed by atoms with Crippen molar-refractivity contribution in [1.29, 1.82) is 0 Å². The maximum absolute atomic E-state index is 13.1. The first-order valence-corrected chi connectivity index (χ1v) is 9.35. The zero-order valence-electron chi connectivity index (χ0n) is 15.7. The average Bonchev–Trinajstić information content (AvgIpc) is 2.80. The van der Waals surface area contributed by atoms with Crippen LogP contribution in [0.5, 0.6) is 0 Å². The minimum atomic E-state index is -0.203. The summed E-state index contributed by atoms with van der Waals surface area (Å²) < 4.78 is 18.5. The number of rotatable bonds is 7. The summed E-state index contributed by atoms with van der Waals surface area (Å²) in [6, 6.07) is 7.04. The molecule has 1 atom stereocenters. The molecule has 0 saturated carbocycles. The Morgan fingerprint density at radius 3 is 2.64 bits per heavy atom. The van der Waals surface area contributed by atoms with Gasteiger partial charge in [0.15, 0.2) is 0 Å². The second kappa shape index (κ2) is 9.88. The Bertz CT molecular complexity index is 533. The summed E-state index contributed by atoms with van der Waals surface area (Å²) in [6.45, 7) is 10.8. The van der Waals surface area contributed by atoms with Gasteiger partial charge in [0.1, 0.15) is 5.82 Å². The quantitative estimate of drug-likeness (QED) is 0.707. The van der Waals surface area contributed by atoms with Crippen LogP contribution in [0, 0.1) is 11.7 Å². The minimum absolute atomic E-state index is 0.183. The van der Waals surface area contributed by atoms with Crippen molar-refractivity contribution in [2.75, 3.05) is 32.8 Å². The van der Waals surface area contributed by atoms with Gasteiger partial charge < -0.3 is 9.64 Å². The highest BCUT2D eigenvalue weighted by Gasteiger charge is 2.29. The summed E-state index contributed by atoms with van der Waals surface area (Å²) in [7, 11) is 0. The first-order chi connectivity index (χ1) is 12.0. The van der Waals surface area contributed by atoms with Gasteiger partial charge in [-0.15, -0.1) is 0 Å². The molecule has 0 spiro atoms. The third-order valence-corrected chi connectivity index (χ3v) is 4.84. The third kappa shape index (κ3) is 6.08. The van der Waals surface area contributed by atoms with E-state index in [4.69, 9.17) is 4.74 Å². The fraction of sp³-hybridized carbons (Fsp3) is 0.650. The third-order valence-electron chi connectivity index (χ3n) is 4.84. The molecule has 1 amide bonds. The second-order valence-electron chi connectivity index (χ2n) is 7.05. The number of carbonyl (C=O) groups excluding carboxylic acids is 1. The molecule has 5 heteroatoms. The highest BCUT2D eigenvalue weighted by Crippen LogP contribution is 2.20. The molecule has 1 aliphatic heterocycles. The van der Waals surface area contributed by atoms with Crippen LogP contribution in [0.1, 0.15) is 39.2 Å². The molecular formula is C20H31FN2O2. The van der Waals surface area contributed by atoms with Gasteiger partial charge in [0.25, 0.3) is 0 Å². The summed E-state index contributed by atoms with van der Waals surface area (Å²) in [5.74, 6) is 0.426. The van der Waals surface area contributed by atoms with Crippen LogP contribution in [0.2, 0.25) is 0 Å². The van der Waals surface area contributed by atoms with Gasteiger partial charge in [0, 0.05) is 38.8 Å². The van der Waals surface area contributed by atoms with Gasteiger partial charge in [0.2, 0.25) is 5.91 Å².